The van der Waals surface area contributed by atoms with E-state index in [0.29, 0.717) is 6.04 Å². The molecule has 1 atom stereocenters. The molecule has 2 rings (SSSR count). The Labute approximate surface area is 116 Å². The van der Waals surface area contributed by atoms with Crippen molar-refractivity contribution >= 4 is 11.6 Å². The molecule has 2 heteroatoms. The van der Waals surface area contributed by atoms with Crippen molar-refractivity contribution in [2.45, 2.75) is 45.6 Å². The number of hydrogen-bond acceptors (Lipinski definition) is 1. The Morgan fingerprint density at radius 3 is 2.39 bits per heavy atom. The van der Waals surface area contributed by atoms with Crippen LogP contribution in [0.1, 0.15) is 51.1 Å². The van der Waals surface area contributed by atoms with Gasteiger partial charge < -0.3 is 5.32 Å². The molecule has 1 aliphatic carbocycles. The SMILES string of the molecule is CC1CCC(CNC(C)c2ccc(Cl)cc2)CC1. The van der Waals surface area contributed by atoms with E-state index in [9.17, 15) is 0 Å². The molecule has 0 radical (unpaired) electrons. The van der Waals surface area contributed by atoms with Crippen molar-refractivity contribution in [3.05, 3.63) is 34.9 Å². The van der Waals surface area contributed by atoms with Gasteiger partial charge in [-0.2, -0.15) is 0 Å². The Hall–Kier alpha value is -0.530. The van der Waals surface area contributed by atoms with E-state index < -0.39 is 0 Å². The van der Waals surface area contributed by atoms with Crippen LogP contribution in [0.25, 0.3) is 0 Å². The summed E-state index contributed by atoms with van der Waals surface area (Å²) in [4.78, 5) is 0. The van der Waals surface area contributed by atoms with Gasteiger partial charge in [-0.3, -0.25) is 0 Å². The maximum Gasteiger partial charge on any atom is 0.0406 e. The summed E-state index contributed by atoms with van der Waals surface area (Å²) in [5.41, 5.74) is 1.32. The lowest BCUT2D eigenvalue weighted by molar-refractivity contribution is 0.276. The standard InChI is InChI=1S/C16H24ClN/c1-12-3-5-14(6-4-12)11-18-13(2)15-7-9-16(17)10-8-15/h7-10,12-14,18H,3-6,11H2,1-2H3. The minimum absolute atomic E-state index is 0.418. The second-order valence-corrected chi connectivity index (χ2v) is 6.24. The Bertz CT molecular complexity index is 352. The number of nitrogens with one attached hydrogen (secondary N) is 1. The molecule has 1 saturated carbocycles. The van der Waals surface area contributed by atoms with E-state index in [1.165, 1.54) is 31.2 Å². The molecule has 0 amide bonds. The molecule has 0 aliphatic heterocycles. The monoisotopic (exact) mass is 265 g/mol. The first kappa shape index (κ1) is 13.9. The maximum absolute atomic E-state index is 5.91. The van der Waals surface area contributed by atoms with Gasteiger partial charge in [0.1, 0.15) is 0 Å². The van der Waals surface area contributed by atoms with Crippen molar-refractivity contribution in [2.24, 2.45) is 11.8 Å². The molecule has 0 bridgehead atoms. The highest BCUT2D eigenvalue weighted by molar-refractivity contribution is 6.30. The van der Waals surface area contributed by atoms with Crippen LogP contribution in [0.5, 0.6) is 0 Å². The average molecular weight is 266 g/mol. The molecular formula is C16H24ClN. The maximum atomic E-state index is 5.91. The van der Waals surface area contributed by atoms with Crippen molar-refractivity contribution in [3.63, 3.8) is 0 Å². The zero-order chi connectivity index (χ0) is 13.0. The molecule has 1 N–H and O–H groups in total. The summed E-state index contributed by atoms with van der Waals surface area (Å²) in [6.07, 6.45) is 5.59. The highest BCUT2D eigenvalue weighted by atomic mass is 35.5. The lowest BCUT2D eigenvalue weighted by Crippen LogP contribution is -2.28. The van der Waals surface area contributed by atoms with E-state index in [2.05, 4.69) is 31.3 Å². The van der Waals surface area contributed by atoms with Gasteiger partial charge in [0, 0.05) is 11.1 Å². The second-order valence-electron chi connectivity index (χ2n) is 5.81. The van der Waals surface area contributed by atoms with Gasteiger partial charge in [-0.05, 0) is 55.8 Å². The zero-order valence-electron chi connectivity index (χ0n) is 11.5. The van der Waals surface area contributed by atoms with Crippen molar-refractivity contribution in [1.29, 1.82) is 0 Å². The normalized spacial score (nSPS) is 25.9. The Kier molecular flexibility index (Phi) is 5.08. The Balaban J connectivity index is 1.77. The summed E-state index contributed by atoms with van der Waals surface area (Å²) in [6.45, 7) is 5.76. The highest BCUT2D eigenvalue weighted by Crippen LogP contribution is 2.28. The quantitative estimate of drug-likeness (QED) is 0.823. The Morgan fingerprint density at radius 2 is 1.78 bits per heavy atom. The van der Waals surface area contributed by atoms with Gasteiger partial charge in [0.15, 0.2) is 0 Å². The van der Waals surface area contributed by atoms with E-state index in [0.717, 1.165) is 23.4 Å². The smallest absolute Gasteiger partial charge is 0.0406 e. The van der Waals surface area contributed by atoms with Gasteiger partial charge in [0.25, 0.3) is 0 Å². The van der Waals surface area contributed by atoms with Crippen molar-refractivity contribution in [1.82, 2.24) is 5.32 Å². The highest BCUT2D eigenvalue weighted by Gasteiger charge is 2.18. The minimum Gasteiger partial charge on any atom is -0.310 e. The van der Waals surface area contributed by atoms with Crippen molar-refractivity contribution in [2.75, 3.05) is 6.54 Å². The summed E-state index contributed by atoms with van der Waals surface area (Å²) >= 11 is 5.91. The third-order valence-electron chi connectivity index (χ3n) is 4.22. The molecular weight excluding hydrogens is 242 g/mol. The van der Waals surface area contributed by atoms with Gasteiger partial charge in [0.05, 0.1) is 0 Å². The third-order valence-corrected chi connectivity index (χ3v) is 4.47. The first-order chi connectivity index (χ1) is 8.65. The molecule has 1 fully saturated rings. The molecule has 1 unspecified atom stereocenters. The molecule has 1 aromatic carbocycles. The van der Waals surface area contributed by atoms with Crippen LogP contribution in [-0.4, -0.2) is 6.54 Å². The van der Waals surface area contributed by atoms with Crippen LogP contribution >= 0.6 is 11.6 Å². The number of rotatable bonds is 4. The van der Waals surface area contributed by atoms with Crippen LogP contribution in [0.4, 0.5) is 0 Å². The lowest BCUT2D eigenvalue weighted by atomic mass is 9.83. The van der Waals surface area contributed by atoms with E-state index in [1.807, 2.05) is 12.1 Å². The molecule has 0 spiro atoms. The fourth-order valence-corrected chi connectivity index (χ4v) is 2.87. The minimum atomic E-state index is 0.418. The molecule has 0 aromatic heterocycles. The van der Waals surface area contributed by atoms with Gasteiger partial charge >= 0.3 is 0 Å². The summed E-state index contributed by atoms with van der Waals surface area (Å²) in [5.74, 6) is 1.81. The van der Waals surface area contributed by atoms with Gasteiger partial charge in [-0.1, -0.05) is 43.5 Å². The molecule has 1 nitrogen and oxygen atoms in total. The van der Waals surface area contributed by atoms with E-state index in [1.54, 1.807) is 0 Å². The van der Waals surface area contributed by atoms with Gasteiger partial charge in [-0.25, -0.2) is 0 Å². The Morgan fingerprint density at radius 1 is 1.17 bits per heavy atom. The fourth-order valence-electron chi connectivity index (χ4n) is 2.75. The third kappa shape index (κ3) is 4.00. The molecule has 0 saturated heterocycles. The average Bonchev–Trinajstić information content (AvgIpc) is 2.38. The largest absolute Gasteiger partial charge is 0.310 e. The predicted molar refractivity (Wildman–Crippen MR) is 79.0 cm³/mol. The topological polar surface area (TPSA) is 12.0 Å². The number of halogens is 1. The van der Waals surface area contributed by atoms with E-state index in [-0.39, 0.29) is 0 Å². The van der Waals surface area contributed by atoms with Gasteiger partial charge in [0.2, 0.25) is 0 Å². The van der Waals surface area contributed by atoms with Crippen molar-refractivity contribution < 1.29 is 0 Å². The first-order valence-electron chi connectivity index (χ1n) is 7.14. The molecule has 1 aliphatic rings. The van der Waals surface area contributed by atoms with Crippen LogP contribution in [0.15, 0.2) is 24.3 Å². The van der Waals surface area contributed by atoms with Crippen LogP contribution in [0, 0.1) is 11.8 Å². The van der Waals surface area contributed by atoms with Crippen molar-refractivity contribution in [3.8, 4) is 0 Å². The lowest BCUT2D eigenvalue weighted by Gasteiger charge is -2.27. The summed E-state index contributed by atoms with van der Waals surface area (Å²) < 4.78 is 0. The summed E-state index contributed by atoms with van der Waals surface area (Å²) in [6, 6.07) is 8.59. The summed E-state index contributed by atoms with van der Waals surface area (Å²) in [5, 5.41) is 4.47. The van der Waals surface area contributed by atoms with E-state index >= 15 is 0 Å². The molecule has 1 aromatic rings. The second kappa shape index (κ2) is 6.58. The molecule has 0 heterocycles. The molecule has 18 heavy (non-hydrogen) atoms. The van der Waals surface area contributed by atoms with Gasteiger partial charge in [-0.15, -0.1) is 0 Å². The zero-order valence-corrected chi connectivity index (χ0v) is 12.2. The van der Waals surface area contributed by atoms with Crippen LogP contribution < -0.4 is 5.32 Å². The van der Waals surface area contributed by atoms with Crippen LogP contribution in [0.3, 0.4) is 0 Å². The van der Waals surface area contributed by atoms with E-state index in [4.69, 9.17) is 11.6 Å². The summed E-state index contributed by atoms with van der Waals surface area (Å²) in [7, 11) is 0. The molecule has 100 valence electrons. The predicted octanol–water partition coefficient (Wildman–Crippen LogP) is 4.82. The first-order valence-corrected chi connectivity index (χ1v) is 7.52. The van der Waals surface area contributed by atoms with Crippen LogP contribution in [-0.2, 0) is 0 Å². The van der Waals surface area contributed by atoms with Crippen LogP contribution in [0.2, 0.25) is 5.02 Å². The number of hydrogen-bond donors (Lipinski definition) is 1. The fraction of sp³-hybridized carbons (Fsp3) is 0.625. The number of benzene rings is 1.